The van der Waals surface area contributed by atoms with Crippen LogP contribution in [0, 0.1) is 0 Å². The third kappa shape index (κ3) is 5.06. The first-order chi connectivity index (χ1) is 8.17. The van der Waals surface area contributed by atoms with Gasteiger partial charge in [-0.25, -0.2) is 0 Å². The van der Waals surface area contributed by atoms with Crippen LogP contribution in [0.5, 0.6) is 5.75 Å². The second-order valence-corrected chi connectivity index (χ2v) is 4.82. The number of methoxy groups -OCH3 is 1. The van der Waals surface area contributed by atoms with Crippen LogP contribution in [0.3, 0.4) is 0 Å². The van der Waals surface area contributed by atoms with Gasteiger partial charge in [-0.1, -0.05) is 22.9 Å². The maximum absolute atomic E-state index is 5.96. The normalized spacial score (nSPS) is 12.5. The summed E-state index contributed by atoms with van der Waals surface area (Å²) in [6.07, 6.45) is 1.83. The minimum atomic E-state index is 0.195. The lowest BCUT2D eigenvalue weighted by Gasteiger charge is -2.12. The lowest BCUT2D eigenvalue weighted by atomic mass is 10.0. The van der Waals surface area contributed by atoms with Gasteiger partial charge in [-0.3, -0.25) is 0 Å². The highest BCUT2D eigenvalue weighted by molar-refractivity contribution is 9.10. The molecule has 0 saturated heterocycles. The van der Waals surface area contributed by atoms with E-state index in [1.807, 2.05) is 18.2 Å². The Morgan fingerprint density at radius 2 is 2.12 bits per heavy atom. The van der Waals surface area contributed by atoms with Crippen LogP contribution < -0.4 is 10.5 Å². The minimum Gasteiger partial charge on any atom is -0.491 e. The summed E-state index contributed by atoms with van der Waals surface area (Å²) in [6, 6.07) is 6.18. The molecule has 4 heteroatoms. The zero-order chi connectivity index (χ0) is 12.7. The van der Waals surface area contributed by atoms with Gasteiger partial charge in [0.25, 0.3) is 0 Å². The SMILES string of the molecule is CCC(N)Cc1cc(OCCOC)ccc1Br. The Hall–Kier alpha value is -0.580. The molecule has 2 N–H and O–H groups in total. The van der Waals surface area contributed by atoms with Gasteiger partial charge in [0.05, 0.1) is 6.61 Å². The molecule has 0 aliphatic rings. The summed E-state index contributed by atoms with van der Waals surface area (Å²) in [7, 11) is 1.66. The van der Waals surface area contributed by atoms with E-state index in [-0.39, 0.29) is 6.04 Å². The Bertz CT molecular complexity index is 344. The van der Waals surface area contributed by atoms with Gasteiger partial charge in [-0.05, 0) is 36.6 Å². The molecule has 0 fully saturated rings. The quantitative estimate of drug-likeness (QED) is 0.788. The molecule has 3 nitrogen and oxygen atoms in total. The third-order valence-electron chi connectivity index (χ3n) is 2.58. The summed E-state index contributed by atoms with van der Waals surface area (Å²) < 4.78 is 11.6. The number of rotatable bonds is 7. The number of halogens is 1. The van der Waals surface area contributed by atoms with Gasteiger partial charge >= 0.3 is 0 Å². The summed E-state index contributed by atoms with van der Waals surface area (Å²) in [5.74, 6) is 0.864. The van der Waals surface area contributed by atoms with Crippen molar-refractivity contribution >= 4 is 15.9 Å². The van der Waals surface area contributed by atoms with Gasteiger partial charge in [0.15, 0.2) is 0 Å². The fourth-order valence-corrected chi connectivity index (χ4v) is 1.88. The van der Waals surface area contributed by atoms with E-state index in [2.05, 4.69) is 22.9 Å². The maximum Gasteiger partial charge on any atom is 0.119 e. The number of ether oxygens (including phenoxy) is 2. The summed E-state index contributed by atoms with van der Waals surface area (Å²) >= 11 is 3.53. The molecule has 1 atom stereocenters. The zero-order valence-corrected chi connectivity index (χ0v) is 12.0. The average Bonchev–Trinajstić information content (AvgIpc) is 2.33. The number of hydrogen-bond donors (Lipinski definition) is 1. The average molecular weight is 302 g/mol. The Kier molecular flexibility index (Phi) is 6.55. The van der Waals surface area contributed by atoms with Gasteiger partial charge in [0.2, 0.25) is 0 Å². The molecule has 0 radical (unpaired) electrons. The van der Waals surface area contributed by atoms with Crippen molar-refractivity contribution in [2.75, 3.05) is 20.3 Å². The molecule has 1 rings (SSSR count). The van der Waals surface area contributed by atoms with Gasteiger partial charge in [0.1, 0.15) is 12.4 Å². The molecule has 0 aromatic heterocycles. The molecule has 96 valence electrons. The monoisotopic (exact) mass is 301 g/mol. The molecular weight excluding hydrogens is 282 g/mol. The smallest absolute Gasteiger partial charge is 0.119 e. The topological polar surface area (TPSA) is 44.5 Å². The van der Waals surface area contributed by atoms with Crippen LogP contribution in [0.15, 0.2) is 22.7 Å². The Labute approximate surface area is 111 Å². The van der Waals surface area contributed by atoms with Crippen molar-refractivity contribution in [2.45, 2.75) is 25.8 Å². The Morgan fingerprint density at radius 3 is 2.76 bits per heavy atom. The van der Waals surface area contributed by atoms with E-state index >= 15 is 0 Å². The van der Waals surface area contributed by atoms with Gasteiger partial charge in [-0.2, -0.15) is 0 Å². The first kappa shape index (κ1) is 14.5. The van der Waals surface area contributed by atoms with Crippen molar-refractivity contribution in [1.29, 1.82) is 0 Å². The van der Waals surface area contributed by atoms with E-state index in [0.717, 1.165) is 23.1 Å². The second kappa shape index (κ2) is 7.69. The molecule has 0 saturated carbocycles. The van der Waals surface area contributed by atoms with E-state index in [0.29, 0.717) is 13.2 Å². The van der Waals surface area contributed by atoms with E-state index in [9.17, 15) is 0 Å². The van der Waals surface area contributed by atoms with Crippen molar-refractivity contribution in [1.82, 2.24) is 0 Å². The van der Waals surface area contributed by atoms with Crippen LogP contribution in [0.1, 0.15) is 18.9 Å². The van der Waals surface area contributed by atoms with Gasteiger partial charge in [0, 0.05) is 17.6 Å². The Morgan fingerprint density at radius 1 is 1.35 bits per heavy atom. The van der Waals surface area contributed by atoms with Crippen LogP contribution in [-0.4, -0.2) is 26.4 Å². The lowest BCUT2D eigenvalue weighted by Crippen LogP contribution is -2.21. The molecule has 17 heavy (non-hydrogen) atoms. The van der Waals surface area contributed by atoms with E-state index in [4.69, 9.17) is 15.2 Å². The summed E-state index contributed by atoms with van der Waals surface area (Å²) in [5.41, 5.74) is 7.15. The summed E-state index contributed by atoms with van der Waals surface area (Å²) in [6.45, 7) is 3.26. The molecule has 0 spiro atoms. The highest BCUT2D eigenvalue weighted by atomic mass is 79.9. The van der Waals surface area contributed by atoms with Crippen LogP contribution in [0.2, 0.25) is 0 Å². The highest BCUT2D eigenvalue weighted by Gasteiger charge is 2.07. The van der Waals surface area contributed by atoms with Crippen LogP contribution >= 0.6 is 15.9 Å². The number of hydrogen-bond acceptors (Lipinski definition) is 3. The Balaban J connectivity index is 2.65. The lowest BCUT2D eigenvalue weighted by molar-refractivity contribution is 0.146. The fourth-order valence-electron chi connectivity index (χ4n) is 1.47. The van der Waals surface area contributed by atoms with Crippen molar-refractivity contribution in [3.05, 3.63) is 28.2 Å². The molecule has 1 unspecified atom stereocenters. The zero-order valence-electron chi connectivity index (χ0n) is 10.4. The van der Waals surface area contributed by atoms with Crippen LogP contribution in [-0.2, 0) is 11.2 Å². The predicted octanol–water partition coefficient (Wildman–Crippen LogP) is 2.75. The fraction of sp³-hybridized carbons (Fsp3) is 0.538. The highest BCUT2D eigenvalue weighted by Crippen LogP contribution is 2.24. The van der Waals surface area contributed by atoms with Crippen molar-refractivity contribution in [3.63, 3.8) is 0 Å². The molecular formula is C13H20BrNO2. The molecule has 0 heterocycles. The van der Waals surface area contributed by atoms with Crippen LogP contribution in [0.4, 0.5) is 0 Å². The first-order valence-electron chi connectivity index (χ1n) is 5.83. The predicted molar refractivity (Wildman–Crippen MR) is 73.5 cm³/mol. The van der Waals surface area contributed by atoms with Crippen molar-refractivity contribution < 1.29 is 9.47 Å². The minimum absolute atomic E-state index is 0.195. The molecule has 0 bridgehead atoms. The number of benzene rings is 1. The van der Waals surface area contributed by atoms with E-state index in [1.165, 1.54) is 5.56 Å². The largest absolute Gasteiger partial charge is 0.491 e. The second-order valence-electron chi connectivity index (χ2n) is 3.97. The standard InChI is InChI=1S/C13H20BrNO2/c1-3-11(15)8-10-9-12(4-5-13(10)14)17-7-6-16-2/h4-5,9,11H,3,6-8,15H2,1-2H3. The molecule has 1 aromatic carbocycles. The summed E-state index contributed by atoms with van der Waals surface area (Å²) in [4.78, 5) is 0. The summed E-state index contributed by atoms with van der Waals surface area (Å²) in [5, 5.41) is 0. The van der Waals surface area contributed by atoms with Crippen molar-refractivity contribution in [3.8, 4) is 5.75 Å². The maximum atomic E-state index is 5.96. The molecule has 0 amide bonds. The van der Waals surface area contributed by atoms with Gasteiger partial charge in [-0.15, -0.1) is 0 Å². The third-order valence-corrected chi connectivity index (χ3v) is 3.35. The number of nitrogens with two attached hydrogens (primary N) is 1. The van der Waals surface area contributed by atoms with E-state index < -0.39 is 0 Å². The van der Waals surface area contributed by atoms with Crippen molar-refractivity contribution in [2.24, 2.45) is 5.73 Å². The van der Waals surface area contributed by atoms with Gasteiger partial charge < -0.3 is 15.2 Å². The van der Waals surface area contributed by atoms with Crippen LogP contribution in [0.25, 0.3) is 0 Å². The molecule has 0 aliphatic carbocycles. The molecule has 1 aromatic rings. The first-order valence-corrected chi connectivity index (χ1v) is 6.62. The molecule has 0 aliphatic heterocycles. The van der Waals surface area contributed by atoms with E-state index in [1.54, 1.807) is 7.11 Å².